The van der Waals surface area contributed by atoms with Crippen LogP contribution in [-0.4, -0.2) is 25.2 Å². The topological polar surface area (TPSA) is 61.8 Å². The van der Waals surface area contributed by atoms with Gasteiger partial charge in [0.15, 0.2) is 0 Å². The molecule has 5 nitrogen and oxygen atoms in total. The molecule has 0 aromatic heterocycles. The van der Waals surface area contributed by atoms with Crippen molar-refractivity contribution in [2.45, 2.75) is 45.6 Å². The Morgan fingerprint density at radius 2 is 1.26 bits per heavy atom. The lowest BCUT2D eigenvalue weighted by molar-refractivity contribution is -0.139. The van der Waals surface area contributed by atoms with Gasteiger partial charge in [-0.2, -0.15) is 0 Å². The second-order valence-electron chi connectivity index (χ2n) is 10.6. The highest BCUT2D eigenvalue weighted by molar-refractivity contribution is 5.85. The van der Waals surface area contributed by atoms with Crippen molar-refractivity contribution in [2.75, 3.05) is 13.2 Å². The zero-order valence-corrected chi connectivity index (χ0v) is 26.3. The number of aryl methyl sites for hydroxylation is 1. The molecule has 0 saturated heterocycles. The quantitative estimate of drug-likeness (QED) is 0.0663. The number of rotatable bonds is 13. The van der Waals surface area contributed by atoms with Crippen LogP contribution in [0.25, 0.3) is 10.8 Å². The van der Waals surface area contributed by atoms with E-state index in [1.165, 1.54) is 6.08 Å². The van der Waals surface area contributed by atoms with Crippen LogP contribution in [0.4, 0.5) is 0 Å². The molecule has 0 spiro atoms. The van der Waals surface area contributed by atoms with E-state index in [0.29, 0.717) is 13.2 Å². The molecule has 4 aromatic rings. The van der Waals surface area contributed by atoms with Crippen LogP contribution in [0.3, 0.4) is 0 Å². The lowest BCUT2D eigenvalue weighted by Crippen LogP contribution is -2.02. The highest BCUT2D eigenvalue weighted by Crippen LogP contribution is 2.22. The number of hydrogen-bond donors (Lipinski definition) is 0. The Kier molecular flexibility index (Phi) is 12.8. The molecule has 0 radical (unpaired) electrons. The molecule has 0 aliphatic carbocycles. The van der Waals surface area contributed by atoms with E-state index in [4.69, 9.17) is 14.2 Å². The second-order valence-corrected chi connectivity index (χ2v) is 10.6. The summed E-state index contributed by atoms with van der Waals surface area (Å²) in [5.74, 6) is 13.2. The van der Waals surface area contributed by atoms with E-state index < -0.39 is 5.97 Å². The maximum absolute atomic E-state index is 11.3. The maximum Gasteiger partial charge on any atom is 0.330 e. The van der Waals surface area contributed by atoms with Gasteiger partial charge in [0.2, 0.25) is 0 Å². The molecule has 4 rings (SSSR count). The predicted molar refractivity (Wildman–Crippen MR) is 183 cm³/mol. The molecule has 0 fully saturated rings. The summed E-state index contributed by atoms with van der Waals surface area (Å²) in [6, 6.07) is 26.1. The summed E-state index contributed by atoms with van der Waals surface area (Å²) in [6.07, 6.45) is 6.98. The third-order valence-electron chi connectivity index (χ3n) is 7.21. The van der Waals surface area contributed by atoms with Gasteiger partial charge in [-0.25, -0.2) is 9.59 Å². The monoisotopic (exact) mass is 610 g/mol. The van der Waals surface area contributed by atoms with Crippen molar-refractivity contribution in [1.29, 1.82) is 0 Å². The zero-order chi connectivity index (χ0) is 32.6. The Labute approximate surface area is 271 Å². The van der Waals surface area contributed by atoms with Gasteiger partial charge < -0.3 is 14.2 Å². The van der Waals surface area contributed by atoms with Crippen LogP contribution < -0.4 is 4.74 Å². The number of benzene rings is 4. The minimum absolute atomic E-state index is 0.207. The van der Waals surface area contributed by atoms with Crippen LogP contribution in [0, 0.1) is 23.7 Å². The Morgan fingerprint density at radius 1 is 0.652 bits per heavy atom. The molecule has 0 saturated carbocycles. The molecular formula is C41H38O5. The summed E-state index contributed by atoms with van der Waals surface area (Å²) in [5.41, 5.74) is 5.80. The summed E-state index contributed by atoms with van der Waals surface area (Å²) in [7, 11) is 0. The van der Waals surface area contributed by atoms with Crippen molar-refractivity contribution in [3.63, 3.8) is 0 Å². The zero-order valence-electron chi connectivity index (χ0n) is 26.3. The van der Waals surface area contributed by atoms with Gasteiger partial charge in [0.25, 0.3) is 0 Å². The van der Waals surface area contributed by atoms with Crippen molar-refractivity contribution in [3.05, 3.63) is 138 Å². The molecule has 0 heterocycles. The van der Waals surface area contributed by atoms with Crippen LogP contribution in [0.2, 0.25) is 0 Å². The van der Waals surface area contributed by atoms with Crippen LogP contribution >= 0.6 is 0 Å². The standard InChI is InChI=1S/C41H38O5/c1-4-35-27-32(18-21-36(35)20-17-31-11-15-34(16-12-31)30-46-41(43)6-3)13-14-33-19-22-38-29-39(24-23-37(38)28-33)44-25-9-7-8-10-26-45-40(42)5-2/h5-6,11-12,15-16,18-19,21-24,27-29H,2-4,7-10,25-26,30H2,1H3. The summed E-state index contributed by atoms with van der Waals surface area (Å²) in [6.45, 7) is 10.2. The molecule has 46 heavy (non-hydrogen) atoms. The van der Waals surface area contributed by atoms with E-state index in [1.807, 2.05) is 48.5 Å². The molecule has 0 bridgehead atoms. The number of carbonyl (C=O) groups is 2. The first-order valence-electron chi connectivity index (χ1n) is 15.5. The van der Waals surface area contributed by atoms with Crippen molar-refractivity contribution in [2.24, 2.45) is 0 Å². The first-order chi connectivity index (χ1) is 22.5. The third-order valence-corrected chi connectivity index (χ3v) is 7.21. The summed E-state index contributed by atoms with van der Waals surface area (Å²) >= 11 is 0. The van der Waals surface area contributed by atoms with Gasteiger partial charge in [0, 0.05) is 34.4 Å². The Morgan fingerprint density at radius 3 is 2.00 bits per heavy atom. The molecular weight excluding hydrogens is 572 g/mol. The maximum atomic E-state index is 11.3. The number of fused-ring (bicyclic) bond motifs is 1. The Balaban J connectivity index is 1.31. The van der Waals surface area contributed by atoms with E-state index in [1.54, 1.807) is 0 Å². The van der Waals surface area contributed by atoms with Crippen LogP contribution in [0.15, 0.2) is 104 Å². The van der Waals surface area contributed by atoms with Crippen molar-refractivity contribution < 1.29 is 23.8 Å². The summed E-state index contributed by atoms with van der Waals surface area (Å²) in [5, 5.41) is 2.22. The van der Waals surface area contributed by atoms with Crippen molar-refractivity contribution in [3.8, 4) is 29.4 Å². The van der Waals surface area contributed by atoms with Crippen LogP contribution in [0.1, 0.15) is 66.0 Å². The van der Waals surface area contributed by atoms with Gasteiger partial charge in [-0.1, -0.05) is 68.0 Å². The highest BCUT2D eigenvalue weighted by Gasteiger charge is 2.03. The fourth-order valence-corrected chi connectivity index (χ4v) is 4.64. The number of hydrogen-bond acceptors (Lipinski definition) is 5. The molecule has 0 atom stereocenters. The van der Waals surface area contributed by atoms with Crippen LogP contribution in [0.5, 0.6) is 5.75 Å². The first kappa shape index (κ1) is 33.4. The summed E-state index contributed by atoms with van der Waals surface area (Å²) < 4.78 is 16.0. The largest absolute Gasteiger partial charge is 0.494 e. The summed E-state index contributed by atoms with van der Waals surface area (Å²) in [4.78, 5) is 22.3. The van der Waals surface area contributed by atoms with E-state index in [9.17, 15) is 9.59 Å². The number of unbranched alkanes of at least 4 members (excludes halogenated alkanes) is 3. The molecule has 0 N–H and O–H groups in total. The minimum Gasteiger partial charge on any atom is -0.494 e. The number of esters is 2. The normalized spacial score (nSPS) is 10.1. The fourth-order valence-electron chi connectivity index (χ4n) is 4.64. The molecule has 232 valence electrons. The molecule has 0 aliphatic rings. The van der Waals surface area contributed by atoms with E-state index >= 15 is 0 Å². The van der Waals surface area contributed by atoms with Crippen molar-refractivity contribution in [1.82, 2.24) is 0 Å². The second kappa shape index (κ2) is 17.7. The predicted octanol–water partition coefficient (Wildman–Crippen LogP) is 8.10. The van der Waals surface area contributed by atoms with Gasteiger partial charge in [-0.05, 0) is 109 Å². The van der Waals surface area contributed by atoms with Gasteiger partial charge in [0.05, 0.1) is 13.2 Å². The fraction of sp³-hybridized carbons (Fsp3) is 0.220. The van der Waals surface area contributed by atoms with E-state index in [2.05, 4.69) is 74.1 Å². The molecule has 0 aliphatic heterocycles. The van der Waals surface area contributed by atoms with Gasteiger partial charge in [-0.3, -0.25) is 0 Å². The smallest absolute Gasteiger partial charge is 0.330 e. The molecule has 5 heteroatoms. The Bertz CT molecular complexity index is 1810. The van der Waals surface area contributed by atoms with E-state index in [0.717, 1.165) is 88.1 Å². The average molecular weight is 611 g/mol. The van der Waals surface area contributed by atoms with Crippen LogP contribution in [-0.2, 0) is 32.1 Å². The van der Waals surface area contributed by atoms with E-state index in [-0.39, 0.29) is 12.6 Å². The average Bonchev–Trinajstić information content (AvgIpc) is 3.10. The third kappa shape index (κ3) is 10.6. The lowest BCUT2D eigenvalue weighted by Gasteiger charge is -2.08. The highest BCUT2D eigenvalue weighted by atomic mass is 16.5. The van der Waals surface area contributed by atoms with Gasteiger partial charge in [-0.15, -0.1) is 0 Å². The lowest BCUT2D eigenvalue weighted by atomic mass is 10.0. The molecule has 0 unspecified atom stereocenters. The van der Waals surface area contributed by atoms with Gasteiger partial charge >= 0.3 is 11.9 Å². The Hall–Kier alpha value is -5.52. The molecule has 0 amide bonds. The molecule has 4 aromatic carbocycles. The van der Waals surface area contributed by atoms with Gasteiger partial charge in [0.1, 0.15) is 12.4 Å². The number of carbonyl (C=O) groups excluding carboxylic acids is 2. The SMILES string of the molecule is C=CC(=O)OCCCCCCOc1ccc2cc(C#Cc3ccc(C#Cc4ccc(COC(=O)C=C)cc4)c(CC)c3)ccc2c1. The first-order valence-corrected chi connectivity index (χ1v) is 15.5. The minimum atomic E-state index is -0.440. The van der Waals surface area contributed by atoms with Crippen molar-refractivity contribution >= 4 is 22.7 Å². The number of ether oxygens (including phenoxy) is 3.